The van der Waals surface area contributed by atoms with E-state index in [-0.39, 0.29) is 23.6 Å². The number of nitro groups is 1. The molecular weight excluding hydrogens is 329 g/mol. The predicted octanol–water partition coefficient (Wildman–Crippen LogP) is 3.34. The van der Waals surface area contributed by atoms with Gasteiger partial charge in [0, 0.05) is 24.4 Å². The van der Waals surface area contributed by atoms with Crippen molar-refractivity contribution in [1.29, 1.82) is 0 Å². The quantitative estimate of drug-likeness (QED) is 0.683. The summed E-state index contributed by atoms with van der Waals surface area (Å²) in [6.07, 6.45) is -0.342. The Morgan fingerprint density at radius 3 is 2.76 bits per heavy atom. The minimum absolute atomic E-state index is 0.0935. The molecule has 130 valence electrons. The number of non-ortho nitro benzene ring substituents is 1. The molecule has 1 N–H and O–H groups in total. The number of benzene rings is 2. The second kappa shape index (κ2) is 7.27. The van der Waals surface area contributed by atoms with Gasteiger partial charge in [-0.05, 0) is 23.8 Å². The Bertz CT molecular complexity index is 782. The molecule has 1 aliphatic rings. The maximum atomic E-state index is 13.0. The molecule has 2 aromatic carbocycles. The summed E-state index contributed by atoms with van der Waals surface area (Å²) in [4.78, 5) is 24.3. The van der Waals surface area contributed by atoms with Crippen LogP contribution in [0.15, 0.2) is 48.5 Å². The van der Waals surface area contributed by atoms with Crippen LogP contribution in [0.3, 0.4) is 0 Å². The van der Waals surface area contributed by atoms with Crippen LogP contribution in [-0.4, -0.2) is 35.6 Å². The maximum absolute atomic E-state index is 13.0. The molecule has 0 bridgehead atoms. The third kappa shape index (κ3) is 4.10. The van der Waals surface area contributed by atoms with E-state index in [1.54, 1.807) is 23.1 Å². The predicted molar refractivity (Wildman–Crippen MR) is 88.8 cm³/mol. The standard InChI is InChI=1S/C17H16FN3O4/c18-13-6-4-12(5-7-13)16-11-20(8-9-25-16)17(22)19-14-2-1-3-15(10-14)21(23)24/h1-7,10,16H,8-9,11H2,(H,19,22). The van der Waals surface area contributed by atoms with Crippen molar-refractivity contribution in [3.05, 3.63) is 70.0 Å². The van der Waals surface area contributed by atoms with E-state index in [1.165, 1.54) is 30.3 Å². The van der Waals surface area contributed by atoms with Crippen molar-refractivity contribution in [1.82, 2.24) is 4.90 Å². The van der Waals surface area contributed by atoms with Crippen LogP contribution in [0, 0.1) is 15.9 Å². The van der Waals surface area contributed by atoms with Crippen LogP contribution < -0.4 is 5.32 Å². The van der Waals surface area contributed by atoms with Crippen LogP contribution in [0.2, 0.25) is 0 Å². The number of halogens is 1. The topological polar surface area (TPSA) is 84.7 Å². The molecule has 1 aliphatic heterocycles. The fourth-order valence-electron chi connectivity index (χ4n) is 2.61. The Morgan fingerprint density at radius 1 is 1.28 bits per heavy atom. The lowest BCUT2D eigenvalue weighted by atomic mass is 10.1. The van der Waals surface area contributed by atoms with Crippen molar-refractivity contribution < 1.29 is 18.8 Å². The zero-order valence-corrected chi connectivity index (χ0v) is 13.2. The van der Waals surface area contributed by atoms with Crippen LogP contribution >= 0.6 is 0 Å². The van der Waals surface area contributed by atoms with E-state index >= 15 is 0 Å². The monoisotopic (exact) mass is 345 g/mol. The van der Waals surface area contributed by atoms with Gasteiger partial charge in [-0.25, -0.2) is 9.18 Å². The van der Waals surface area contributed by atoms with E-state index in [2.05, 4.69) is 5.32 Å². The summed E-state index contributed by atoms with van der Waals surface area (Å²) in [6.45, 7) is 1.06. The lowest BCUT2D eigenvalue weighted by Crippen LogP contribution is -2.44. The number of morpholine rings is 1. The molecule has 0 saturated carbocycles. The van der Waals surface area contributed by atoms with Gasteiger partial charge in [0.05, 0.1) is 18.1 Å². The number of carbonyl (C=O) groups excluding carboxylic acids is 1. The van der Waals surface area contributed by atoms with Crippen LogP contribution in [0.1, 0.15) is 11.7 Å². The summed E-state index contributed by atoms with van der Waals surface area (Å²) in [5, 5.41) is 13.5. The number of nitrogens with one attached hydrogen (secondary N) is 1. The summed E-state index contributed by atoms with van der Waals surface area (Å²) in [6, 6.07) is 11.3. The van der Waals surface area contributed by atoms with Crippen molar-refractivity contribution in [3.63, 3.8) is 0 Å². The Balaban J connectivity index is 1.66. The van der Waals surface area contributed by atoms with Crippen molar-refractivity contribution in [2.45, 2.75) is 6.10 Å². The zero-order valence-electron chi connectivity index (χ0n) is 13.2. The zero-order chi connectivity index (χ0) is 17.8. The fourth-order valence-corrected chi connectivity index (χ4v) is 2.61. The van der Waals surface area contributed by atoms with E-state index in [1.807, 2.05) is 0 Å². The molecular formula is C17H16FN3O4. The SMILES string of the molecule is O=C(Nc1cccc([N+](=O)[O-])c1)N1CCOC(c2ccc(F)cc2)C1. The highest BCUT2D eigenvalue weighted by Gasteiger charge is 2.25. The van der Waals surface area contributed by atoms with Gasteiger partial charge in [0.1, 0.15) is 11.9 Å². The molecule has 0 aliphatic carbocycles. The van der Waals surface area contributed by atoms with Crippen LogP contribution in [0.4, 0.5) is 20.6 Å². The Kier molecular flexibility index (Phi) is 4.90. The first-order valence-electron chi connectivity index (χ1n) is 7.70. The highest BCUT2D eigenvalue weighted by atomic mass is 19.1. The largest absolute Gasteiger partial charge is 0.370 e. The van der Waals surface area contributed by atoms with Gasteiger partial charge in [0.15, 0.2) is 0 Å². The minimum atomic E-state index is -0.519. The van der Waals surface area contributed by atoms with Gasteiger partial charge in [-0.3, -0.25) is 10.1 Å². The molecule has 1 unspecified atom stereocenters. The van der Waals surface area contributed by atoms with Gasteiger partial charge in [-0.2, -0.15) is 0 Å². The van der Waals surface area contributed by atoms with E-state index in [9.17, 15) is 19.3 Å². The van der Waals surface area contributed by atoms with Gasteiger partial charge < -0.3 is 15.0 Å². The average molecular weight is 345 g/mol. The molecule has 7 nitrogen and oxygen atoms in total. The van der Waals surface area contributed by atoms with Crippen molar-refractivity contribution in [2.75, 3.05) is 25.0 Å². The molecule has 1 saturated heterocycles. The number of anilines is 1. The number of urea groups is 1. The van der Waals surface area contributed by atoms with Crippen LogP contribution in [-0.2, 0) is 4.74 Å². The van der Waals surface area contributed by atoms with Crippen molar-refractivity contribution in [3.8, 4) is 0 Å². The number of nitrogens with zero attached hydrogens (tertiary/aromatic N) is 2. The van der Waals surface area contributed by atoms with E-state index in [4.69, 9.17) is 4.74 Å². The molecule has 2 aromatic rings. The van der Waals surface area contributed by atoms with Crippen molar-refractivity contribution in [2.24, 2.45) is 0 Å². The third-order valence-corrected chi connectivity index (χ3v) is 3.90. The second-order valence-electron chi connectivity index (χ2n) is 5.59. The van der Waals surface area contributed by atoms with Gasteiger partial charge in [0.2, 0.25) is 0 Å². The third-order valence-electron chi connectivity index (χ3n) is 3.90. The molecule has 0 spiro atoms. The molecule has 1 heterocycles. The van der Waals surface area contributed by atoms with E-state index in [0.717, 1.165) is 5.56 Å². The first kappa shape index (κ1) is 16.8. The minimum Gasteiger partial charge on any atom is -0.370 e. The average Bonchev–Trinajstić information content (AvgIpc) is 2.62. The Hall–Kier alpha value is -3.00. The number of hydrogen-bond acceptors (Lipinski definition) is 4. The summed E-state index contributed by atoms with van der Waals surface area (Å²) in [7, 11) is 0. The van der Waals surface area contributed by atoms with Gasteiger partial charge in [0.25, 0.3) is 5.69 Å². The number of ether oxygens (including phenoxy) is 1. The number of rotatable bonds is 3. The molecule has 3 rings (SSSR count). The number of nitro benzene ring substituents is 1. The molecule has 1 atom stereocenters. The highest BCUT2D eigenvalue weighted by molar-refractivity contribution is 5.89. The normalized spacial score (nSPS) is 17.2. The Labute approximate surface area is 143 Å². The molecule has 8 heteroatoms. The lowest BCUT2D eigenvalue weighted by Gasteiger charge is -2.33. The maximum Gasteiger partial charge on any atom is 0.322 e. The molecule has 25 heavy (non-hydrogen) atoms. The number of carbonyl (C=O) groups is 1. The van der Waals surface area contributed by atoms with Gasteiger partial charge in [-0.1, -0.05) is 18.2 Å². The molecule has 0 radical (unpaired) electrons. The summed E-state index contributed by atoms with van der Waals surface area (Å²) in [5.41, 5.74) is 1.04. The first-order valence-corrected chi connectivity index (χ1v) is 7.70. The fraction of sp³-hybridized carbons (Fsp3) is 0.235. The lowest BCUT2D eigenvalue weighted by molar-refractivity contribution is -0.384. The van der Waals surface area contributed by atoms with Gasteiger partial charge >= 0.3 is 6.03 Å². The summed E-state index contributed by atoms with van der Waals surface area (Å²) < 4.78 is 18.7. The second-order valence-corrected chi connectivity index (χ2v) is 5.59. The molecule has 1 fully saturated rings. The molecule has 2 amide bonds. The van der Waals surface area contributed by atoms with Crippen LogP contribution in [0.5, 0.6) is 0 Å². The number of hydrogen-bond donors (Lipinski definition) is 1. The highest BCUT2D eigenvalue weighted by Crippen LogP contribution is 2.23. The first-order chi connectivity index (χ1) is 12.0. The summed E-state index contributed by atoms with van der Waals surface area (Å²) in [5.74, 6) is -0.333. The Morgan fingerprint density at radius 2 is 2.04 bits per heavy atom. The smallest absolute Gasteiger partial charge is 0.322 e. The number of amides is 2. The van der Waals surface area contributed by atoms with E-state index < -0.39 is 4.92 Å². The van der Waals surface area contributed by atoms with Crippen LogP contribution in [0.25, 0.3) is 0 Å². The summed E-state index contributed by atoms with van der Waals surface area (Å²) >= 11 is 0. The van der Waals surface area contributed by atoms with E-state index in [0.29, 0.717) is 25.4 Å². The molecule has 0 aromatic heterocycles. The van der Waals surface area contributed by atoms with Crippen molar-refractivity contribution >= 4 is 17.4 Å². The van der Waals surface area contributed by atoms with Gasteiger partial charge in [-0.15, -0.1) is 0 Å².